The van der Waals surface area contributed by atoms with Crippen molar-refractivity contribution < 1.29 is 19.1 Å². The van der Waals surface area contributed by atoms with Crippen LogP contribution < -0.4 is 10.1 Å². The van der Waals surface area contributed by atoms with Gasteiger partial charge in [0.25, 0.3) is 5.91 Å². The molecule has 0 saturated carbocycles. The van der Waals surface area contributed by atoms with E-state index in [0.717, 1.165) is 33.5 Å². The van der Waals surface area contributed by atoms with Gasteiger partial charge in [-0.25, -0.2) is 4.79 Å². The van der Waals surface area contributed by atoms with Gasteiger partial charge >= 0.3 is 5.97 Å². The third-order valence-electron chi connectivity index (χ3n) is 4.98. The van der Waals surface area contributed by atoms with Gasteiger partial charge in [-0.05, 0) is 63.9 Å². The van der Waals surface area contributed by atoms with Crippen LogP contribution in [-0.4, -0.2) is 29.7 Å². The van der Waals surface area contributed by atoms with Gasteiger partial charge in [-0.15, -0.1) is 11.3 Å². The summed E-state index contributed by atoms with van der Waals surface area (Å²) < 4.78 is 12.8. The fourth-order valence-electron chi connectivity index (χ4n) is 3.61. The predicted octanol–water partition coefficient (Wildman–Crippen LogP) is 5.42. The van der Waals surface area contributed by atoms with Crippen LogP contribution in [0.5, 0.6) is 5.75 Å². The van der Waals surface area contributed by atoms with E-state index in [2.05, 4.69) is 5.32 Å². The summed E-state index contributed by atoms with van der Waals surface area (Å²) in [5.74, 6) is 0.125. The number of ether oxygens (including phenoxy) is 2. The Labute approximate surface area is 180 Å². The first-order valence-corrected chi connectivity index (χ1v) is 11.1. The minimum Gasteiger partial charge on any atom is -0.494 e. The van der Waals surface area contributed by atoms with Gasteiger partial charge in [-0.2, -0.15) is 0 Å². The van der Waals surface area contributed by atoms with E-state index in [1.54, 1.807) is 13.0 Å². The number of thiophene rings is 1. The Morgan fingerprint density at radius 3 is 2.50 bits per heavy atom. The summed E-state index contributed by atoms with van der Waals surface area (Å²) in [5.41, 5.74) is 2.86. The van der Waals surface area contributed by atoms with Crippen molar-refractivity contribution in [1.82, 2.24) is 4.57 Å². The molecule has 1 amide bonds. The maximum atomic E-state index is 13.3. The number of hydrogen-bond acceptors (Lipinski definition) is 5. The van der Waals surface area contributed by atoms with E-state index in [1.807, 2.05) is 50.5 Å². The molecule has 2 heterocycles. The van der Waals surface area contributed by atoms with Crippen molar-refractivity contribution >= 4 is 39.1 Å². The van der Waals surface area contributed by atoms with E-state index in [1.165, 1.54) is 11.3 Å². The second-order valence-electron chi connectivity index (χ2n) is 6.81. The summed E-state index contributed by atoms with van der Waals surface area (Å²) in [4.78, 5) is 26.7. The van der Waals surface area contributed by atoms with Crippen LogP contribution in [0.15, 0.2) is 24.3 Å². The number of benzene rings is 1. The fraction of sp³-hybridized carbons (Fsp3) is 0.391. The highest BCUT2D eigenvalue weighted by Gasteiger charge is 2.24. The molecule has 3 aromatic rings. The van der Waals surface area contributed by atoms with Gasteiger partial charge in [0.2, 0.25) is 0 Å². The topological polar surface area (TPSA) is 69.6 Å². The molecule has 2 aromatic heterocycles. The Hall–Kier alpha value is -2.80. The largest absolute Gasteiger partial charge is 0.494 e. The lowest BCUT2D eigenvalue weighted by atomic mass is 10.1. The van der Waals surface area contributed by atoms with Crippen molar-refractivity contribution in [1.29, 1.82) is 0 Å². The number of amides is 1. The van der Waals surface area contributed by atoms with Crippen LogP contribution in [0.4, 0.5) is 5.00 Å². The molecule has 3 rings (SSSR count). The minimum atomic E-state index is -0.419. The number of aryl methyl sites for hydroxylation is 3. The quantitative estimate of drug-likeness (QED) is 0.486. The molecule has 0 fully saturated rings. The van der Waals surface area contributed by atoms with Crippen LogP contribution in [0.2, 0.25) is 0 Å². The van der Waals surface area contributed by atoms with Crippen molar-refractivity contribution in [3.63, 3.8) is 0 Å². The molecule has 0 bridgehead atoms. The first-order chi connectivity index (χ1) is 14.4. The molecule has 1 N–H and O–H groups in total. The van der Waals surface area contributed by atoms with Crippen molar-refractivity contribution in [3.05, 3.63) is 46.0 Å². The van der Waals surface area contributed by atoms with Gasteiger partial charge in [0.05, 0.1) is 18.8 Å². The second kappa shape index (κ2) is 9.34. The van der Waals surface area contributed by atoms with E-state index < -0.39 is 5.97 Å². The van der Waals surface area contributed by atoms with Gasteiger partial charge < -0.3 is 19.4 Å². The van der Waals surface area contributed by atoms with Crippen LogP contribution in [0.1, 0.15) is 59.0 Å². The number of hydrogen-bond donors (Lipinski definition) is 1. The second-order valence-corrected chi connectivity index (χ2v) is 7.95. The number of nitrogens with zero attached hydrogens (tertiary/aromatic N) is 1. The monoisotopic (exact) mass is 428 g/mol. The molecule has 6 nitrogen and oxygen atoms in total. The molecule has 0 saturated heterocycles. The van der Waals surface area contributed by atoms with Gasteiger partial charge in [0.15, 0.2) is 0 Å². The Morgan fingerprint density at radius 1 is 1.10 bits per heavy atom. The summed E-state index contributed by atoms with van der Waals surface area (Å²) in [7, 11) is 0. The minimum absolute atomic E-state index is 0.237. The van der Waals surface area contributed by atoms with Gasteiger partial charge in [-0.1, -0.05) is 6.92 Å². The van der Waals surface area contributed by atoms with E-state index in [0.29, 0.717) is 29.4 Å². The molecule has 0 aliphatic rings. The van der Waals surface area contributed by atoms with E-state index in [-0.39, 0.29) is 12.5 Å². The number of nitrogens with one attached hydrogen (secondary N) is 1. The first kappa shape index (κ1) is 21.9. The van der Waals surface area contributed by atoms with Crippen LogP contribution in [0, 0.1) is 6.92 Å². The zero-order valence-corrected chi connectivity index (χ0v) is 18.9. The average molecular weight is 429 g/mol. The molecule has 0 spiro atoms. The Bertz CT molecular complexity index is 1080. The number of aromatic nitrogens is 1. The number of rotatable bonds is 8. The number of esters is 1. The van der Waals surface area contributed by atoms with Gasteiger partial charge in [0.1, 0.15) is 16.4 Å². The van der Waals surface area contributed by atoms with E-state index >= 15 is 0 Å². The molecule has 0 atom stereocenters. The summed E-state index contributed by atoms with van der Waals surface area (Å²) in [5, 5.41) is 4.47. The Morgan fingerprint density at radius 2 is 1.87 bits per heavy atom. The smallest absolute Gasteiger partial charge is 0.341 e. The van der Waals surface area contributed by atoms with Gasteiger partial charge in [0, 0.05) is 22.3 Å². The van der Waals surface area contributed by atoms with Gasteiger partial charge in [-0.3, -0.25) is 4.79 Å². The highest BCUT2D eigenvalue weighted by Crippen LogP contribution is 2.33. The molecule has 0 aliphatic carbocycles. The van der Waals surface area contributed by atoms with Crippen LogP contribution in [0.3, 0.4) is 0 Å². The highest BCUT2D eigenvalue weighted by atomic mass is 32.1. The highest BCUT2D eigenvalue weighted by molar-refractivity contribution is 7.16. The molecular weight excluding hydrogens is 400 g/mol. The normalized spacial score (nSPS) is 11.0. The van der Waals surface area contributed by atoms with E-state index in [9.17, 15) is 9.59 Å². The molecular formula is C23H28N2O4S. The van der Waals surface area contributed by atoms with Crippen molar-refractivity contribution in [3.8, 4) is 5.75 Å². The zero-order valence-electron chi connectivity index (χ0n) is 18.1. The molecule has 160 valence electrons. The molecule has 1 aromatic carbocycles. The average Bonchev–Trinajstić information content (AvgIpc) is 3.26. The maximum absolute atomic E-state index is 13.3. The number of carbonyl (C=O) groups is 2. The molecule has 0 radical (unpaired) electrons. The zero-order chi connectivity index (χ0) is 21.8. The predicted molar refractivity (Wildman–Crippen MR) is 121 cm³/mol. The Kier molecular flexibility index (Phi) is 6.82. The number of fused-ring (bicyclic) bond motifs is 1. The molecule has 0 aliphatic heterocycles. The third-order valence-corrected chi connectivity index (χ3v) is 6.18. The van der Waals surface area contributed by atoms with Crippen molar-refractivity contribution in [2.45, 2.75) is 47.6 Å². The fourth-order valence-corrected chi connectivity index (χ4v) is 4.59. The van der Waals surface area contributed by atoms with Crippen molar-refractivity contribution in [2.24, 2.45) is 0 Å². The lowest BCUT2D eigenvalue weighted by Gasteiger charge is -2.10. The van der Waals surface area contributed by atoms with E-state index in [4.69, 9.17) is 9.47 Å². The summed E-state index contributed by atoms with van der Waals surface area (Å²) in [6.07, 6.45) is 0.779. The molecule has 30 heavy (non-hydrogen) atoms. The lowest BCUT2D eigenvalue weighted by molar-refractivity contribution is 0.0528. The standard InChI is InChI=1S/C23H28N2O4S/c1-6-16-13-18(23(27)29-9-4)22(30-16)24-21(26)20-14(5)17-12-15(28-8-3)10-11-19(17)25(20)7-2/h10-13H,6-9H2,1-5H3,(H,24,26). The summed E-state index contributed by atoms with van der Waals surface area (Å²) in [6, 6.07) is 7.68. The number of carbonyl (C=O) groups excluding carboxylic acids is 2. The molecule has 7 heteroatoms. The Balaban J connectivity index is 2.02. The third kappa shape index (κ3) is 4.07. The van der Waals surface area contributed by atoms with Crippen molar-refractivity contribution in [2.75, 3.05) is 18.5 Å². The number of anilines is 1. The molecule has 0 unspecified atom stereocenters. The first-order valence-electron chi connectivity index (χ1n) is 10.3. The summed E-state index contributed by atoms with van der Waals surface area (Å²) in [6.45, 7) is 11.2. The maximum Gasteiger partial charge on any atom is 0.341 e. The lowest BCUT2D eigenvalue weighted by Crippen LogP contribution is -2.19. The van der Waals surface area contributed by atoms with Crippen LogP contribution in [-0.2, 0) is 17.7 Å². The summed E-state index contributed by atoms with van der Waals surface area (Å²) >= 11 is 1.41. The van der Waals surface area contributed by atoms with Crippen LogP contribution in [0.25, 0.3) is 10.9 Å². The van der Waals surface area contributed by atoms with Crippen LogP contribution >= 0.6 is 11.3 Å². The SMILES string of the molecule is CCOC(=O)c1cc(CC)sc1NC(=O)c1c(C)c2cc(OCC)ccc2n1CC.